The Morgan fingerprint density at radius 2 is 2.00 bits per heavy atom. The Morgan fingerprint density at radius 3 is 2.53 bits per heavy atom. The molecule has 1 amide bonds. The van der Waals surface area contributed by atoms with Gasteiger partial charge in [0.25, 0.3) is 5.91 Å². The first kappa shape index (κ1) is 16.4. The maximum atomic E-state index is 11.5. The topological polar surface area (TPSA) is 67.8 Å². The van der Waals surface area contributed by atoms with Gasteiger partial charge in [-0.2, -0.15) is 0 Å². The molecular formula is C12H15Br2NO4. The van der Waals surface area contributed by atoms with Crippen molar-refractivity contribution in [3.63, 3.8) is 0 Å². The van der Waals surface area contributed by atoms with Crippen LogP contribution in [0.5, 0.6) is 5.75 Å². The first-order chi connectivity index (χ1) is 9.08. The van der Waals surface area contributed by atoms with Crippen molar-refractivity contribution in [3.8, 4) is 5.75 Å². The lowest BCUT2D eigenvalue weighted by Gasteiger charge is -2.11. The maximum Gasteiger partial charge on any atom is 0.258 e. The van der Waals surface area contributed by atoms with E-state index in [2.05, 4.69) is 37.2 Å². The van der Waals surface area contributed by atoms with E-state index in [1.54, 1.807) is 19.2 Å². The van der Waals surface area contributed by atoms with E-state index in [0.29, 0.717) is 27.8 Å². The number of methoxy groups -OCH3 is 1. The summed E-state index contributed by atoms with van der Waals surface area (Å²) < 4.78 is 11.6. The van der Waals surface area contributed by atoms with E-state index in [1.165, 1.54) is 0 Å². The standard InChI is InChI=1S/C12H15Br2NO4/c1-18-3-2-15-11(17)7-19-12-9(13)4-8(6-16)5-10(12)14/h4-5,16H,2-3,6-7H2,1H3,(H,15,17). The molecule has 0 heterocycles. The van der Waals surface area contributed by atoms with Crippen LogP contribution in [-0.4, -0.2) is 37.9 Å². The van der Waals surface area contributed by atoms with Gasteiger partial charge < -0.3 is 19.9 Å². The number of nitrogens with one attached hydrogen (secondary N) is 1. The van der Waals surface area contributed by atoms with Gasteiger partial charge in [0.05, 0.1) is 22.2 Å². The molecule has 2 N–H and O–H groups in total. The first-order valence-electron chi connectivity index (χ1n) is 5.55. The van der Waals surface area contributed by atoms with Gasteiger partial charge >= 0.3 is 0 Å². The van der Waals surface area contributed by atoms with Crippen molar-refractivity contribution < 1.29 is 19.4 Å². The molecule has 1 rings (SSSR count). The van der Waals surface area contributed by atoms with Crippen molar-refractivity contribution in [2.75, 3.05) is 26.9 Å². The van der Waals surface area contributed by atoms with E-state index < -0.39 is 0 Å². The summed E-state index contributed by atoms with van der Waals surface area (Å²) >= 11 is 6.67. The first-order valence-corrected chi connectivity index (χ1v) is 7.14. The molecule has 106 valence electrons. The number of rotatable bonds is 7. The van der Waals surface area contributed by atoms with Crippen LogP contribution in [0, 0.1) is 0 Å². The highest BCUT2D eigenvalue weighted by molar-refractivity contribution is 9.11. The molecule has 0 fully saturated rings. The average Bonchev–Trinajstić information content (AvgIpc) is 2.37. The fraction of sp³-hybridized carbons (Fsp3) is 0.417. The van der Waals surface area contributed by atoms with Crippen LogP contribution in [0.3, 0.4) is 0 Å². The predicted molar refractivity (Wildman–Crippen MR) is 78.1 cm³/mol. The summed E-state index contributed by atoms with van der Waals surface area (Å²) in [6, 6.07) is 3.48. The summed E-state index contributed by atoms with van der Waals surface area (Å²) in [4.78, 5) is 11.5. The minimum Gasteiger partial charge on any atom is -0.481 e. The Kier molecular flexibility index (Phi) is 7.37. The summed E-state index contributed by atoms with van der Waals surface area (Å²) in [7, 11) is 1.57. The molecule has 0 spiro atoms. The van der Waals surface area contributed by atoms with Gasteiger partial charge in [-0.05, 0) is 49.6 Å². The number of aliphatic hydroxyl groups excluding tert-OH is 1. The van der Waals surface area contributed by atoms with Crippen LogP contribution in [0.15, 0.2) is 21.1 Å². The number of aliphatic hydroxyl groups is 1. The predicted octanol–water partition coefficient (Wildman–Crippen LogP) is 1.85. The van der Waals surface area contributed by atoms with Crippen molar-refractivity contribution in [2.24, 2.45) is 0 Å². The Hall–Kier alpha value is -0.630. The fourth-order valence-electron chi connectivity index (χ4n) is 1.32. The molecule has 0 radical (unpaired) electrons. The lowest BCUT2D eigenvalue weighted by atomic mass is 10.2. The van der Waals surface area contributed by atoms with E-state index in [9.17, 15) is 4.79 Å². The Balaban J connectivity index is 2.55. The van der Waals surface area contributed by atoms with Crippen LogP contribution < -0.4 is 10.1 Å². The SMILES string of the molecule is COCCNC(=O)COc1c(Br)cc(CO)cc1Br. The lowest BCUT2D eigenvalue weighted by Crippen LogP contribution is -2.31. The van der Waals surface area contributed by atoms with Crippen molar-refractivity contribution in [1.82, 2.24) is 5.32 Å². The number of carbonyl (C=O) groups excluding carboxylic acids is 1. The fourth-order valence-corrected chi connectivity index (χ4v) is 2.83. The van der Waals surface area contributed by atoms with Crippen LogP contribution in [0.4, 0.5) is 0 Å². The molecule has 19 heavy (non-hydrogen) atoms. The smallest absolute Gasteiger partial charge is 0.258 e. The van der Waals surface area contributed by atoms with Gasteiger partial charge in [-0.15, -0.1) is 0 Å². The van der Waals surface area contributed by atoms with Crippen LogP contribution >= 0.6 is 31.9 Å². The zero-order valence-electron chi connectivity index (χ0n) is 10.4. The second-order valence-corrected chi connectivity index (χ2v) is 5.39. The monoisotopic (exact) mass is 395 g/mol. The summed E-state index contributed by atoms with van der Waals surface area (Å²) in [6.45, 7) is 0.767. The van der Waals surface area contributed by atoms with E-state index in [0.717, 1.165) is 5.56 Å². The molecule has 0 unspecified atom stereocenters. The van der Waals surface area contributed by atoms with E-state index >= 15 is 0 Å². The lowest BCUT2D eigenvalue weighted by molar-refractivity contribution is -0.123. The molecule has 1 aromatic rings. The van der Waals surface area contributed by atoms with Crippen LogP contribution in [0.2, 0.25) is 0 Å². The molecule has 0 aliphatic rings. The van der Waals surface area contributed by atoms with Gasteiger partial charge in [0.2, 0.25) is 0 Å². The summed E-state index contributed by atoms with van der Waals surface area (Å²) in [5.74, 6) is 0.307. The van der Waals surface area contributed by atoms with Gasteiger partial charge in [0.1, 0.15) is 5.75 Å². The summed E-state index contributed by atoms with van der Waals surface area (Å²) in [5.41, 5.74) is 0.746. The van der Waals surface area contributed by atoms with Crippen molar-refractivity contribution in [3.05, 3.63) is 26.6 Å². The molecule has 5 nitrogen and oxygen atoms in total. The minimum absolute atomic E-state index is 0.0605. The van der Waals surface area contributed by atoms with E-state index in [4.69, 9.17) is 14.6 Å². The Bertz CT molecular complexity index is 417. The number of benzene rings is 1. The van der Waals surface area contributed by atoms with Gasteiger partial charge in [0, 0.05) is 13.7 Å². The summed E-state index contributed by atoms with van der Waals surface area (Å²) in [6.07, 6.45) is 0. The van der Waals surface area contributed by atoms with Gasteiger partial charge in [-0.25, -0.2) is 0 Å². The molecule has 0 saturated heterocycles. The molecule has 0 atom stereocenters. The molecule has 0 aromatic heterocycles. The number of carbonyl (C=O) groups is 1. The molecule has 0 aliphatic carbocycles. The van der Waals surface area contributed by atoms with Gasteiger partial charge in [-0.1, -0.05) is 0 Å². The molecule has 1 aromatic carbocycles. The molecule has 0 aliphatic heterocycles. The molecule has 7 heteroatoms. The third-order valence-corrected chi connectivity index (χ3v) is 3.39. The maximum absolute atomic E-state index is 11.5. The minimum atomic E-state index is -0.220. The second-order valence-electron chi connectivity index (χ2n) is 3.68. The third kappa shape index (κ3) is 5.48. The third-order valence-electron chi connectivity index (χ3n) is 2.22. The molecule has 0 bridgehead atoms. The van der Waals surface area contributed by atoms with Crippen molar-refractivity contribution in [1.29, 1.82) is 0 Å². The quantitative estimate of drug-likeness (QED) is 0.690. The van der Waals surface area contributed by atoms with Gasteiger partial charge in [-0.3, -0.25) is 4.79 Å². The molecule has 0 saturated carbocycles. The highest BCUT2D eigenvalue weighted by Crippen LogP contribution is 2.34. The average molecular weight is 397 g/mol. The largest absolute Gasteiger partial charge is 0.481 e. The zero-order valence-corrected chi connectivity index (χ0v) is 13.6. The number of amides is 1. The van der Waals surface area contributed by atoms with E-state index in [-0.39, 0.29) is 19.1 Å². The van der Waals surface area contributed by atoms with Crippen molar-refractivity contribution >= 4 is 37.8 Å². The highest BCUT2D eigenvalue weighted by atomic mass is 79.9. The van der Waals surface area contributed by atoms with Crippen LogP contribution in [0.25, 0.3) is 0 Å². The normalized spacial score (nSPS) is 10.3. The Labute approximate surface area is 128 Å². The number of hydrogen-bond donors (Lipinski definition) is 2. The number of ether oxygens (including phenoxy) is 2. The summed E-state index contributed by atoms with van der Waals surface area (Å²) in [5, 5.41) is 11.7. The van der Waals surface area contributed by atoms with Gasteiger partial charge in [0.15, 0.2) is 6.61 Å². The molecular weight excluding hydrogens is 382 g/mol. The van der Waals surface area contributed by atoms with Crippen molar-refractivity contribution in [2.45, 2.75) is 6.61 Å². The highest BCUT2D eigenvalue weighted by Gasteiger charge is 2.10. The second kappa shape index (κ2) is 8.52. The Morgan fingerprint density at radius 1 is 1.37 bits per heavy atom. The van der Waals surface area contributed by atoms with Crippen LogP contribution in [0.1, 0.15) is 5.56 Å². The van der Waals surface area contributed by atoms with Crippen LogP contribution in [-0.2, 0) is 16.1 Å². The van der Waals surface area contributed by atoms with E-state index in [1.807, 2.05) is 0 Å². The number of hydrogen-bond acceptors (Lipinski definition) is 4. The number of halogens is 2. The zero-order chi connectivity index (χ0) is 14.3.